The molecule has 0 bridgehead atoms. The first-order valence-corrected chi connectivity index (χ1v) is 4.43. The minimum atomic E-state index is 0.368. The number of imidazole rings is 1. The van der Waals surface area contributed by atoms with Gasteiger partial charge in [-0.1, -0.05) is 0 Å². The first kappa shape index (κ1) is 7.55. The van der Waals surface area contributed by atoms with Gasteiger partial charge in [-0.05, 0) is 40.8 Å². The second kappa shape index (κ2) is 2.75. The van der Waals surface area contributed by atoms with Gasteiger partial charge in [-0.15, -0.1) is 0 Å². The number of aromatic nitrogens is 2. The first-order valence-electron chi connectivity index (χ1n) is 3.35. The molecular weight excluding hydrogens is 265 g/mol. The van der Waals surface area contributed by atoms with Crippen LogP contribution >= 0.6 is 22.6 Å². The number of rotatable bonds is 0. The lowest BCUT2D eigenvalue weighted by Crippen LogP contribution is -1.72. The summed E-state index contributed by atoms with van der Waals surface area (Å²) in [4.78, 5) is 6.96. The topological polar surface area (TPSA) is 52.5 Å². The average Bonchev–Trinajstić information content (AvgIpc) is 2.46. The second-order valence-corrected chi connectivity index (χ2v) is 3.60. The highest BCUT2D eigenvalue weighted by molar-refractivity contribution is 14.1. The summed E-state index contributed by atoms with van der Waals surface area (Å²) in [6.45, 7) is 0. The van der Waals surface area contributed by atoms with Gasteiger partial charge in [0, 0.05) is 3.57 Å². The average molecular weight is 269 g/mol. The zero-order chi connectivity index (χ0) is 8.55. The van der Waals surface area contributed by atoms with E-state index in [1.54, 1.807) is 0 Å². The van der Waals surface area contributed by atoms with Crippen LogP contribution in [-0.4, -0.2) is 9.97 Å². The third kappa shape index (κ3) is 1.16. The number of nitrogens with zero attached hydrogens (tertiary/aromatic N) is 2. The Morgan fingerprint density at radius 2 is 2.33 bits per heavy atom. The van der Waals surface area contributed by atoms with Crippen LogP contribution < -0.4 is 0 Å². The van der Waals surface area contributed by atoms with Crippen molar-refractivity contribution >= 4 is 33.6 Å². The Morgan fingerprint density at radius 3 is 3.08 bits per heavy atom. The zero-order valence-corrected chi connectivity index (χ0v) is 8.16. The van der Waals surface area contributed by atoms with Crippen LogP contribution in [0.4, 0.5) is 0 Å². The minimum absolute atomic E-state index is 0.368. The summed E-state index contributed by atoms with van der Waals surface area (Å²) in [6, 6.07) is 7.79. The first-order chi connectivity index (χ1) is 5.79. The molecule has 4 heteroatoms. The van der Waals surface area contributed by atoms with Gasteiger partial charge in [0.25, 0.3) is 0 Å². The van der Waals surface area contributed by atoms with Crippen molar-refractivity contribution in [3.05, 3.63) is 27.6 Å². The highest BCUT2D eigenvalue weighted by Gasteiger charge is 2.00. The Kier molecular flexibility index (Phi) is 1.73. The minimum Gasteiger partial charge on any atom is -0.329 e. The molecule has 1 heterocycles. The maximum Gasteiger partial charge on any atom is 0.211 e. The van der Waals surface area contributed by atoms with Crippen LogP contribution in [0.1, 0.15) is 5.82 Å². The molecular formula is C8H4IN3. The summed E-state index contributed by atoms with van der Waals surface area (Å²) < 4.78 is 1.13. The fourth-order valence-electron chi connectivity index (χ4n) is 1.03. The SMILES string of the molecule is N#Cc1nc2ccc(I)cc2[nH]1. The van der Waals surface area contributed by atoms with Gasteiger partial charge < -0.3 is 4.98 Å². The van der Waals surface area contributed by atoms with Crippen molar-refractivity contribution in [2.75, 3.05) is 0 Å². The molecule has 2 aromatic rings. The molecule has 58 valence electrons. The Balaban J connectivity index is 2.77. The predicted octanol–water partition coefficient (Wildman–Crippen LogP) is 2.04. The van der Waals surface area contributed by atoms with E-state index in [-0.39, 0.29) is 0 Å². The van der Waals surface area contributed by atoms with E-state index < -0.39 is 0 Å². The number of hydrogen-bond donors (Lipinski definition) is 1. The third-order valence-electron chi connectivity index (χ3n) is 1.55. The Bertz CT molecular complexity index is 467. The van der Waals surface area contributed by atoms with Crippen molar-refractivity contribution in [1.29, 1.82) is 5.26 Å². The van der Waals surface area contributed by atoms with E-state index in [4.69, 9.17) is 5.26 Å². The van der Waals surface area contributed by atoms with E-state index >= 15 is 0 Å². The molecule has 0 aliphatic carbocycles. The van der Waals surface area contributed by atoms with Crippen molar-refractivity contribution in [1.82, 2.24) is 9.97 Å². The van der Waals surface area contributed by atoms with Crippen LogP contribution in [0.3, 0.4) is 0 Å². The van der Waals surface area contributed by atoms with E-state index in [1.165, 1.54) is 0 Å². The van der Waals surface area contributed by atoms with Gasteiger partial charge in [0.05, 0.1) is 11.0 Å². The van der Waals surface area contributed by atoms with Gasteiger partial charge in [0.15, 0.2) is 0 Å². The van der Waals surface area contributed by atoms with Gasteiger partial charge in [-0.25, -0.2) is 4.98 Å². The van der Waals surface area contributed by atoms with E-state index in [0.717, 1.165) is 14.6 Å². The Labute approximate surface area is 82.6 Å². The highest BCUT2D eigenvalue weighted by atomic mass is 127. The van der Waals surface area contributed by atoms with Crippen LogP contribution in [0, 0.1) is 14.9 Å². The summed E-state index contributed by atoms with van der Waals surface area (Å²) >= 11 is 2.22. The third-order valence-corrected chi connectivity index (χ3v) is 2.22. The van der Waals surface area contributed by atoms with Gasteiger partial charge in [0.2, 0.25) is 5.82 Å². The molecule has 0 amide bonds. The molecule has 1 aromatic carbocycles. The number of aromatic amines is 1. The predicted molar refractivity (Wildman–Crippen MR) is 53.5 cm³/mol. The molecule has 0 unspecified atom stereocenters. The lowest BCUT2D eigenvalue weighted by Gasteiger charge is -1.87. The largest absolute Gasteiger partial charge is 0.329 e. The Morgan fingerprint density at radius 1 is 1.50 bits per heavy atom. The molecule has 0 spiro atoms. The van der Waals surface area contributed by atoms with E-state index in [9.17, 15) is 0 Å². The van der Waals surface area contributed by atoms with Crippen molar-refractivity contribution in [2.24, 2.45) is 0 Å². The molecule has 0 aliphatic heterocycles. The van der Waals surface area contributed by atoms with Crippen LogP contribution in [0.5, 0.6) is 0 Å². The highest BCUT2D eigenvalue weighted by Crippen LogP contribution is 2.14. The number of nitriles is 1. The van der Waals surface area contributed by atoms with Gasteiger partial charge in [0.1, 0.15) is 6.07 Å². The lowest BCUT2D eigenvalue weighted by molar-refractivity contribution is 1.25. The number of halogens is 1. The quantitative estimate of drug-likeness (QED) is 0.744. The van der Waals surface area contributed by atoms with Crippen molar-refractivity contribution in [3.63, 3.8) is 0 Å². The molecule has 3 nitrogen and oxygen atoms in total. The maximum absolute atomic E-state index is 8.56. The number of nitrogens with one attached hydrogen (secondary N) is 1. The summed E-state index contributed by atoms with van der Waals surface area (Å²) in [6.07, 6.45) is 0. The summed E-state index contributed by atoms with van der Waals surface area (Å²) in [5, 5.41) is 8.56. The normalized spacial score (nSPS) is 10.0. The molecule has 0 fully saturated rings. The lowest BCUT2D eigenvalue weighted by atomic mass is 10.3. The van der Waals surface area contributed by atoms with Crippen LogP contribution in [0.15, 0.2) is 18.2 Å². The van der Waals surface area contributed by atoms with Crippen molar-refractivity contribution < 1.29 is 0 Å². The summed E-state index contributed by atoms with van der Waals surface area (Å²) in [7, 11) is 0. The van der Waals surface area contributed by atoms with Crippen LogP contribution in [0.2, 0.25) is 0 Å². The van der Waals surface area contributed by atoms with Crippen LogP contribution in [-0.2, 0) is 0 Å². The number of H-pyrrole nitrogens is 1. The van der Waals surface area contributed by atoms with Crippen molar-refractivity contribution in [2.45, 2.75) is 0 Å². The number of benzene rings is 1. The van der Waals surface area contributed by atoms with E-state index in [2.05, 4.69) is 32.6 Å². The van der Waals surface area contributed by atoms with Gasteiger partial charge >= 0.3 is 0 Å². The fourth-order valence-corrected chi connectivity index (χ4v) is 1.53. The molecule has 0 radical (unpaired) electrons. The van der Waals surface area contributed by atoms with E-state index in [0.29, 0.717) is 5.82 Å². The molecule has 0 atom stereocenters. The summed E-state index contributed by atoms with van der Waals surface area (Å²) in [5.41, 5.74) is 1.76. The van der Waals surface area contributed by atoms with Gasteiger partial charge in [-0.3, -0.25) is 0 Å². The van der Waals surface area contributed by atoms with Crippen LogP contribution in [0.25, 0.3) is 11.0 Å². The Hall–Kier alpha value is -1.09. The smallest absolute Gasteiger partial charge is 0.211 e. The summed E-state index contributed by atoms with van der Waals surface area (Å²) in [5.74, 6) is 0.368. The molecule has 0 aliphatic rings. The maximum atomic E-state index is 8.56. The zero-order valence-electron chi connectivity index (χ0n) is 6.00. The second-order valence-electron chi connectivity index (χ2n) is 2.36. The fraction of sp³-hybridized carbons (Fsp3) is 0. The molecule has 0 saturated heterocycles. The van der Waals surface area contributed by atoms with E-state index in [1.807, 2.05) is 24.3 Å². The monoisotopic (exact) mass is 269 g/mol. The van der Waals surface area contributed by atoms with Crippen molar-refractivity contribution in [3.8, 4) is 6.07 Å². The van der Waals surface area contributed by atoms with Gasteiger partial charge in [-0.2, -0.15) is 5.26 Å². The molecule has 0 saturated carbocycles. The number of fused-ring (bicyclic) bond motifs is 1. The molecule has 2 rings (SSSR count). The molecule has 1 N–H and O–H groups in total. The molecule has 12 heavy (non-hydrogen) atoms. The molecule has 1 aromatic heterocycles. The standard InChI is InChI=1S/C8H4IN3/c9-5-1-2-6-7(3-5)12-8(4-10)11-6/h1-3H,(H,11,12). The number of hydrogen-bond acceptors (Lipinski definition) is 2.